The molecule has 0 spiro atoms. The second-order valence-electron chi connectivity index (χ2n) is 4.83. The molecule has 2 aromatic rings. The molecule has 0 heterocycles. The first-order chi connectivity index (χ1) is 11.6. The molecule has 126 valence electrons. The Morgan fingerprint density at radius 2 is 1.38 bits per heavy atom. The topological polar surface area (TPSA) is 71.1 Å². The summed E-state index contributed by atoms with van der Waals surface area (Å²) in [5.74, 6) is 0.104. The van der Waals surface area contributed by atoms with Crippen molar-refractivity contribution >= 4 is 11.9 Å². The van der Waals surface area contributed by atoms with Crippen molar-refractivity contribution in [2.45, 2.75) is 6.61 Å². The van der Waals surface area contributed by atoms with Gasteiger partial charge in [-0.25, -0.2) is 9.59 Å². The number of hydrogen-bond acceptors (Lipinski definition) is 6. The van der Waals surface area contributed by atoms with E-state index in [4.69, 9.17) is 9.47 Å². The summed E-state index contributed by atoms with van der Waals surface area (Å²) < 4.78 is 20.3. The molecule has 6 heteroatoms. The molecule has 24 heavy (non-hydrogen) atoms. The van der Waals surface area contributed by atoms with Crippen LogP contribution in [-0.2, 0) is 16.1 Å². The van der Waals surface area contributed by atoms with Crippen LogP contribution in [0, 0.1) is 0 Å². The number of esters is 2. The molecule has 2 aromatic carbocycles. The van der Waals surface area contributed by atoms with Crippen molar-refractivity contribution in [3.05, 3.63) is 59.2 Å². The van der Waals surface area contributed by atoms with Crippen molar-refractivity contribution in [3.63, 3.8) is 0 Å². The minimum Gasteiger partial charge on any atom is -0.493 e. The lowest BCUT2D eigenvalue weighted by atomic mass is 10.1. The number of carbonyl (C=O) groups is 2. The first-order valence-corrected chi connectivity index (χ1v) is 7.15. The molecule has 0 fully saturated rings. The standard InChI is InChI=1S/C18H18O6/c1-21-16-10-14(18(20)23-3)8-9-15(16)24-11-12-4-6-13(7-5-12)17(19)22-2/h4-10H,11H2,1-3H3. The fourth-order valence-electron chi connectivity index (χ4n) is 2.05. The Hall–Kier alpha value is -3.02. The van der Waals surface area contributed by atoms with Gasteiger partial charge in [-0.2, -0.15) is 0 Å². The van der Waals surface area contributed by atoms with Crippen LogP contribution in [0.5, 0.6) is 11.5 Å². The SMILES string of the molecule is COC(=O)c1ccc(COc2ccc(C(=O)OC)cc2OC)cc1. The van der Waals surface area contributed by atoms with Gasteiger partial charge in [0.15, 0.2) is 11.5 Å². The quantitative estimate of drug-likeness (QED) is 0.759. The van der Waals surface area contributed by atoms with Crippen molar-refractivity contribution in [3.8, 4) is 11.5 Å². The molecular weight excluding hydrogens is 312 g/mol. The Balaban J connectivity index is 2.08. The normalized spacial score (nSPS) is 9.96. The fourth-order valence-corrected chi connectivity index (χ4v) is 2.05. The van der Waals surface area contributed by atoms with E-state index in [9.17, 15) is 9.59 Å². The Kier molecular flexibility index (Phi) is 5.78. The first kappa shape index (κ1) is 17.3. The number of carbonyl (C=O) groups excluding carboxylic acids is 2. The average Bonchev–Trinajstić information content (AvgIpc) is 2.65. The van der Waals surface area contributed by atoms with Crippen molar-refractivity contribution in [1.29, 1.82) is 0 Å². The van der Waals surface area contributed by atoms with Gasteiger partial charge in [0, 0.05) is 0 Å². The number of ether oxygens (including phenoxy) is 4. The predicted octanol–water partition coefficient (Wildman–Crippen LogP) is 2.85. The highest BCUT2D eigenvalue weighted by molar-refractivity contribution is 5.90. The van der Waals surface area contributed by atoms with E-state index in [-0.39, 0.29) is 12.6 Å². The zero-order chi connectivity index (χ0) is 17.5. The lowest BCUT2D eigenvalue weighted by Crippen LogP contribution is -2.04. The van der Waals surface area contributed by atoms with Crippen LogP contribution in [0.2, 0.25) is 0 Å². The highest BCUT2D eigenvalue weighted by Crippen LogP contribution is 2.29. The summed E-state index contributed by atoms with van der Waals surface area (Å²) in [7, 11) is 4.15. The van der Waals surface area contributed by atoms with Crippen molar-refractivity contribution in [1.82, 2.24) is 0 Å². The van der Waals surface area contributed by atoms with E-state index < -0.39 is 5.97 Å². The van der Waals surface area contributed by atoms with E-state index in [1.165, 1.54) is 21.3 Å². The van der Waals surface area contributed by atoms with E-state index in [1.807, 2.05) is 0 Å². The molecule has 0 atom stereocenters. The van der Waals surface area contributed by atoms with Crippen LogP contribution in [0.15, 0.2) is 42.5 Å². The summed E-state index contributed by atoms with van der Waals surface area (Å²) in [4.78, 5) is 22.9. The third-order valence-electron chi connectivity index (χ3n) is 3.35. The maximum atomic E-state index is 11.5. The van der Waals surface area contributed by atoms with Gasteiger partial charge in [-0.3, -0.25) is 0 Å². The number of benzene rings is 2. The average molecular weight is 330 g/mol. The van der Waals surface area contributed by atoms with Crippen LogP contribution in [-0.4, -0.2) is 33.3 Å². The van der Waals surface area contributed by atoms with Crippen molar-refractivity contribution < 1.29 is 28.5 Å². The summed E-state index contributed by atoms with van der Waals surface area (Å²) in [6, 6.07) is 11.7. The molecule has 0 aliphatic rings. The van der Waals surface area contributed by atoms with E-state index in [0.29, 0.717) is 22.6 Å². The molecule has 0 unspecified atom stereocenters. The molecule has 0 saturated carbocycles. The second kappa shape index (κ2) is 8.01. The lowest BCUT2D eigenvalue weighted by molar-refractivity contribution is 0.0591. The van der Waals surface area contributed by atoms with Crippen LogP contribution < -0.4 is 9.47 Å². The molecule has 0 radical (unpaired) electrons. The maximum absolute atomic E-state index is 11.5. The van der Waals surface area contributed by atoms with Crippen molar-refractivity contribution in [2.75, 3.05) is 21.3 Å². The molecule has 2 rings (SSSR count). The van der Waals surface area contributed by atoms with Gasteiger partial charge < -0.3 is 18.9 Å². The van der Waals surface area contributed by atoms with E-state index >= 15 is 0 Å². The highest BCUT2D eigenvalue weighted by atomic mass is 16.5. The molecule has 0 saturated heterocycles. The summed E-state index contributed by atoms with van der Waals surface area (Å²) >= 11 is 0. The van der Waals surface area contributed by atoms with Gasteiger partial charge >= 0.3 is 11.9 Å². The molecule has 6 nitrogen and oxygen atoms in total. The van der Waals surface area contributed by atoms with Crippen LogP contribution >= 0.6 is 0 Å². The number of rotatable bonds is 6. The number of methoxy groups -OCH3 is 3. The predicted molar refractivity (Wildman–Crippen MR) is 86.4 cm³/mol. The third kappa shape index (κ3) is 4.04. The number of hydrogen-bond donors (Lipinski definition) is 0. The van der Waals surface area contributed by atoms with Crippen molar-refractivity contribution in [2.24, 2.45) is 0 Å². The van der Waals surface area contributed by atoms with Gasteiger partial charge in [-0.05, 0) is 35.9 Å². The van der Waals surface area contributed by atoms with Crippen LogP contribution in [0.4, 0.5) is 0 Å². The van der Waals surface area contributed by atoms with Gasteiger partial charge in [0.05, 0.1) is 32.5 Å². The van der Waals surface area contributed by atoms with E-state index in [1.54, 1.807) is 42.5 Å². The Morgan fingerprint density at radius 1 is 0.792 bits per heavy atom. The van der Waals surface area contributed by atoms with Crippen LogP contribution in [0.25, 0.3) is 0 Å². The molecule has 0 aliphatic heterocycles. The molecule has 0 amide bonds. The Bertz CT molecular complexity index is 721. The first-order valence-electron chi connectivity index (χ1n) is 7.15. The maximum Gasteiger partial charge on any atom is 0.337 e. The van der Waals surface area contributed by atoms with Gasteiger partial charge in [-0.1, -0.05) is 12.1 Å². The van der Waals surface area contributed by atoms with Gasteiger partial charge in [0.25, 0.3) is 0 Å². The van der Waals surface area contributed by atoms with Gasteiger partial charge in [0.2, 0.25) is 0 Å². The summed E-state index contributed by atoms with van der Waals surface area (Å²) in [5, 5.41) is 0. The third-order valence-corrected chi connectivity index (χ3v) is 3.35. The molecule has 0 aromatic heterocycles. The molecule has 0 N–H and O–H groups in total. The van der Waals surface area contributed by atoms with E-state index in [2.05, 4.69) is 9.47 Å². The Labute approximate surface area is 139 Å². The Morgan fingerprint density at radius 3 is 1.96 bits per heavy atom. The second-order valence-corrected chi connectivity index (χ2v) is 4.83. The van der Waals surface area contributed by atoms with Crippen LogP contribution in [0.3, 0.4) is 0 Å². The summed E-state index contributed by atoms with van der Waals surface area (Å²) in [6.45, 7) is 0.287. The smallest absolute Gasteiger partial charge is 0.337 e. The lowest BCUT2D eigenvalue weighted by Gasteiger charge is -2.12. The zero-order valence-electron chi connectivity index (χ0n) is 13.7. The minimum absolute atomic E-state index is 0.287. The van der Waals surface area contributed by atoms with E-state index in [0.717, 1.165) is 5.56 Å². The largest absolute Gasteiger partial charge is 0.493 e. The monoisotopic (exact) mass is 330 g/mol. The summed E-state index contributed by atoms with van der Waals surface area (Å²) in [6.07, 6.45) is 0. The summed E-state index contributed by atoms with van der Waals surface area (Å²) in [5.41, 5.74) is 1.73. The zero-order valence-corrected chi connectivity index (χ0v) is 13.7. The fraction of sp³-hybridized carbons (Fsp3) is 0.222. The molecule has 0 aliphatic carbocycles. The van der Waals surface area contributed by atoms with Gasteiger partial charge in [0.1, 0.15) is 6.61 Å². The minimum atomic E-state index is -0.446. The highest BCUT2D eigenvalue weighted by Gasteiger charge is 2.11. The molecule has 0 bridgehead atoms. The van der Waals surface area contributed by atoms with Gasteiger partial charge in [-0.15, -0.1) is 0 Å². The van der Waals surface area contributed by atoms with Crippen LogP contribution in [0.1, 0.15) is 26.3 Å². The molecular formula is C18H18O6.